The van der Waals surface area contributed by atoms with Gasteiger partial charge in [0.2, 0.25) is 0 Å². The number of hydrogen-bond donors (Lipinski definition) is 1. The van der Waals surface area contributed by atoms with Crippen molar-refractivity contribution in [3.05, 3.63) is 65.9 Å². The molecule has 0 aliphatic heterocycles. The van der Waals surface area contributed by atoms with Gasteiger partial charge in [-0.3, -0.25) is 0 Å². The molecule has 3 aromatic rings. The summed E-state index contributed by atoms with van der Waals surface area (Å²) >= 11 is 0. The van der Waals surface area contributed by atoms with E-state index in [2.05, 4.69) is 4.98 Å². The number of sulfone groups is 1. The van der Waals surface area contributed by atoms with Crippen molar-refractivity contribution in [1.82, 2.24) is 4.98 Å². The number of esters is 1. The molecule has 0 amide bonds. The van der Waals surface area contributed by atoms with Crippen LogP contribution >= 0.6 is 0 Å². The van der Waals surface area contributed by atoms with Crippen LogP contribution in [0.1, 0.15) is 22.8 Å². The number of ether oxygens (including phenoxy) is 1. The number of nitrogens with one attached hydrogen (secondary N) is 1. The van der Waals surface area contributed by atoms with E-state index in [1.54, 1.807) is 6.92 Å². The average molecular weight is 437 g/mol. The first-order valence-electron chi connectivity index (χ1n) is 8.88. The summed E-state index contributed by atoms with van der Waals surface area (Å²) in [5, 5.41) is 0. The van der Waals surface area contributed by atoms with Crippen LogP contribution in [0.2, 0.25) is 0 Å². The van der Waals surface area contributed by atoms with Gasteiger partial charge in [-0.15, -0.1) is 0 Å². The van der Waals surface area contributed by atoms with Gasteiger partial charge in [0.05, 0.1) is 22.6 Å². The molecule has 1 aromatic heterocycles. The third-order valence-corrected chi connectivity index (χ3v) is 5.55. The number of aromatic amines is 1. The Morgan fingerprint density at radius 1 is 1.03 bits per heavy atom. The van der Waals surface area contributed by atoms with E-state index in [1.165, 1.54) is 42.6 Å². The number of alkyl halides is 3. The average Bonchev–Trinajstić information content (AvgIpc) is 3.16. The van der Waals surface area contributed by atoms with Gasteiger partial charge in [0.15, 0.2) is 9.84 Å². The zero-order valence-electron chi connectivity index (χ0n) is 16.1. The third kappa shape index (κ3) is 4.56. The minimum atomic E-state index is -4.55. The maximum absolute atomic E-state index is 13.3. The molecule has 0 aliphatic rings. The Morgan fingerprint density at radius 3 is 2.27 bits per heavy atom. The van der Waals surface area contributed by atoms with Gasteiger partial charge < -0.3 is 9.72 Å². The standard InChI is InChI=1S/C21H18F3NO4S/c1-3-29-20(26)14-10-19(25-12-14)17-9-6-15(21(22,23)24)11-18(17)13-4-7-16(8-5-13)30(2,27)28/h4-12,25H,3H2,1-2H3. The minimum absolute atomic E-state index is 0.0595. The molecule has 9 heteroatoms. The molecule has 0 bridgehead atoms. The summed E-state index contributed by atoms with van der Waals surface area (Å²) in [6, 6.07) is 10.3. The molecule has 0 aliphatic carbocycles. The van der Waals surface area contributed by atoms with Gasteiger partial charge in [-0.1, -0.05) is 18.2 Å². The molecule has 0 radical (unpaired) electrons. The Morgan fingerprint density at radius 2 is 1.70 bits per heavy atom. The van der Waals surface area contributed by atoms with E-state index in [4.69, 9.17) is 4.74 Å². The summed E-state index contributed by atoms with van der Waals surface area (Å²) in [5.41, 5.74) is 0.883. The minimum Gasteiger partial charge on any atom is -0.462 e. The first-order chi connectivity index (χ1) is 14.0. The molecule has 1 N–H and O–H groups in total. The fraction of sp³-hybridized carbons (Fsp3) is 0.190. The van der Waals surface area contributed by atoms with Gasteiger partial charge in [-0.25, -0.2) is 13.2 Å². The lowest BCUT2D eigenvalue weighted by Crippen LogP contribution is -2.05. The predicted molar refractivity (Wildman–Crippen MR) is 106 cm³/mol. The molecule has 0 saturated carbocycles. The monoisotopic (exact) mass is 437 g/mol. The van der Waals surface area contributed by atoms with Crippen LogP contribution in [0.4, 0.5) is 13.2 Å². The van der Waals surface area contributed by atoms with Crippen molar-refractivity contribution in [1.29, 1.82) is 0 Å². The van der Waals surface area contributed by atoms with Crippen molar-refractivity contribution in [3.8, 4) is 22.4 Å². The molecule has 30 heavy (non-hydrogen) atoms. The first kappa shape index (κ1) is 21.6. The lowest BCUT2D eigenvalue weighted by atomic mass is 9.95. The quantitative estimate of drug-likeness (QED) is 0.573. The van der Waals surface area contributed by atoms with E-state index in [-0.39, 0.29) is 22.6 Å². The van der Waals surface area contributed by atoms with Crippen molar-refractivity contribution in [2.24, 2.45) is 0 Å². The summed E-state index contributed by atoms with van der Waals surface area (Å²) in [7, 11) is -3.44. The van der Waals surface area contributed by atoms with E-state index < -0.39 is 27.5 Å². The van der Waals surface area contributed by atoms with E-state index >= 15 is 0 Å². The van der Waals surface area contributed by atoms with Crippen molar-refractivity contribution in [2.45, 2.75) is 18.0 Å². The molecule has 1 heterocycles. The molecule has 5 nitrogen and oxygen atoms in total. The van der Waals surface area contributed by atoms with Crippen LogP contribution in [0.5, 0.6) is 0 Å². The van der Waals surface area contributed by atoms with Gasteiger partial charge >= 0.3 is 12.1 Å². The second-order valence-electron chi connectivity index (χ2n) is 6.58. The van der Waals surface area contributed by atoms with Gasteiger partial charge in [0, 0.05) is 23.7 Å². The van der Waals surface area contributed by atoms with Gasteiger partial charge in [0.25, 0.3) is 0 Å². The Hall–Kier alpha value is -3.07. The Labute approximate surface area is 171 Å². The number of H-pyrrole nitrogens is 1. The Bertz CT molecular complexity index is 1180. The molecule has 3 rings (SSSR count). The van der Waals surface area contributed by atoms with Crippen LogP contribution < -0.4 is 0 Å². The largest absolute Gasteiger partial charge is 0.462 e. The Balaban J connectivity index is 2.14. The summed E-state index contributed by atoms with van der Waals surface area (Å²) < 4.78 is 68.1. The van der Waals surface area contributed by atoms with E-state index in [0.717, 1.165) is 18.4 Å². The second-order valence-corrected chi connectivity index (χ2v) is 8.59. The summed E-state index contributed by atoms with van der Waals surface area (Å²) in [4.78, 5) is 14.9. The fourth-order valence-corrected chi connectivity index (χ4v) is 3.59. The first-order valence-corrected chi connectivity index (χ1v) is 10.8. The van der Waals surface area contributed by atoms with Crippen LogP contribution in [0.25, 0.3) is 22.4 Å². The Kier molecular flexibility index (Phi) is 5.76. The van der Waals surface area contributed by atoms with Crippen molar-refractivity contribution in [3.63, 3.8) is 0 Å². The second kappa shape index (κ2) is 7.98. The number of halogens is 3. The van der Waals surface area contributed by atoms with Crippen LogP contribution in [-0.4, -0.2) is 32.2 Å². The van der Waals surface area contributed by atoms with Gasteiger partial charge in [0.1, 0.15) is 0 Å². The predicted octanol–water partition coefficient (Wildman–Crippen LogP) is 4.95. The van der Waals surface area contributed by atoms with Gasteiger partial charge in [-0.2, -0.15) is 13.2 Å². The highest BCUT2D eigenvalue weighted by atomic mass is 32.2. The van der Waals surface area contributed by atoms with Crippen LogP contribution in [0.15, 0.2) is 59.6 Å². The SMILES string of the molecule is CCOC(=O)c1c[nH]c(-c2ccc(C(F)(F)F)cc2-c2ccc(S(C)(=O)=O)cc2)c1. The summed E-state index contributed by atoms with van der Waals surface area (Å²) in [6.45, 7) is 1.86. The molecule has 0 spiro atoms. The molecule has 0 saturated heterocycles. The highest BCUT2D eigenvalue weighted by molar-refractivity contribution is 7.90. The maximum atomic E-state index is 13.3. The molecule has 2 aromatic carbocycles. The van der Waals surface area contributed by atoms with Crippen molar-refractivity contribution < 1.29 is 31.1 Å². The summed E-state index contributed by atoms with van der Waals surface area (Å²) in [5.74, 6) is -0.550. The number of aromatic nitrogens is 1. The van der Waals surface area contributed by atoms with Crippen molar-refractivity contribution in [2.75, 3.05) is 12.9 Å². The smallest absolute Gasteiger partial charge is 0.416 e. The number of benzene rings is 2. The zero-order chi connectivity index (χ0) is 22.1. The molecule has 0 unspecified atom stereocenters. The normalized spacial score (nSPS) is 12.0. The van der Waals surface area contributed by atoms with Gasteiger partial charge in [-0.05, 0) is 48.4 Å². The van der Waals surface area contributed by atoms with Crippen LogP contribution in [-0.2, 0) is 20.8 Å². The molecule has 0 fully saturated rings. The van der Waals surface area contributed by atoms with Crippen LogP contribution in [0, 0.1) is 0 Å². The van der Waals surface area contributed by atoms with E-state index in [9.17, 15) is 26.4 Å². The number of carbonyl (C=O) groups excluding carboxylic acids is 1. The van der Waals surface area contributed by atoms with E-state index in [0.29, 0.717) is 16.8 Å². The molecular weight excluding hydrogens is 419 g/mol. The highest BCUT2D eigenvalue weighted by Gasteiger charge is 2.31. The van der Waals surface area contributed by atoms with E-state index in [1.807, 2.05) is 0 Å². The molecule has 0 atom stereocenters. The topological polar surface area (TPSA) is 76.2 Å². The zero-order valence-corrected chi connectivity index (χ0v) is 16.9. The lowest BCUT2D eigenvalue weighted by molar-refractivity contribution is -0.137. The molecular formula is C21H18F3NO4S. The lowest BCUT2D eigenvalue weighted by Gasteiger charge is -2.14. The maximum Gasteiger partial charge on any atom is 0.416 e. The molecule has 158 valence electrons. The number of carbonyl (C=O) groups is 1. The van der Waals surface area contributed by atoms with Crippen molar-refractivity contribution >= 4 is 15.8 Å². The summed E-state index contributed by atoms with van der Waals surface area (Å²) in [6.07, 6.45) is -2.08. The third-order valence-electron chi connectivity index (χ3n) is 4.42. The van der Waals surface area contributed by atoms with Crippen LogP contribution in [0.3, 0.4) is 0 Å². The number of rotatable bonds is 5. The highest BCUT2D eigenvalue weighted by Crippen LogP contribution is 2.38. The fourth-order valence-electron chi connectivity index (χ4n) is 2.96. The number of hydrogen-bond acceptors (Lipinski definition) is 4.